The van der Waals surface area contributed by atoms with E-state index in [0.717, 1.165) is 0 Å². The van der Waals surface area contributed by atoms with E-state index in [4.69, 9.17) is 10.2 Å². The summed E-state index contributed by atoms with van der Waals surface area (Å²) >= 11 is 3.10. The minimum Gasteiger partial charge on any atom is -0.481 e. The molecule has 0 heterocycles. The Bertz CT molecular complexity index is 206. The number of rotatable bonds is 8. The first-order chi connectivity index (χ1) is 6.83. The van der Waals surface area contributed by atoms with Crippen molar-refractivity contribution in [3.05, 3.63) is 0 Å². The maximum absolute atomic E-state index is 10.3. The van der Waals surface area contributed by atoms with Crippen LogP contribution in [-0.2, 0) is 9.59 Å². The summed E-state index contributed by atoms with van der Waals surface area (Å²) in [6.07, 6.45) is 0.293. The Morgan fingerprint density at radius 3 is 1.60 bits per heavy atom. The number of aliphatic carboxylic acids is 2. The molecule has 0 saturated carbocycles. The molecular formula is C9H16O4S2. The summed E-state index contributed by atoms with van der Waals surface area (Å²) < 4.78 is -0.120. The van der Waals surface area contributed by atoms with Gasteiger partial charge in [-0.25, -0.2) is 0 Å². The van der Waals surface area contributed by atoms with E-state index in [0.29, 0.717) is 11.5 Å². The zero-order valence-electron chi connectivity index (χ0n) is 8.86. The third-order valence-electron chi connectivity index (χ3n) is 1.53. The van der Waals surface area contributed by atoms with Gasteiger partial charge in [-0.2, -0.15) is 0 Å². The molecule has 0 aromatic carbocycles. The molecular weight excluding hydrogens is 236 g/mol. The number of hydrogen-bond donors (Lipinski definition) is 2. The molecule has 0 fully saturated rings. The standard InChI is InChI=1S/C9H16O4S2/c1-9(2,14-5-3-7(10)11)15-6-4-8(12)13/h3-6H2,1-2H3,(H,10,11)(H,12,13). The quantitative estimate of drug-likeness (QED) is 0.645. The molecule has 2 N–H and O–H groups in total. The van der Waals surface area contributed by atoms with Gasteiger partial charge in [0.05, 0.1) is 16.9 Å². The van der Waals surface area contributed by atoms with Crippen LogP contribution in [0, 0.1) is 0 Å². The summed E-state index contributed by atoms with van der Waals surface area (Å²) in [4.78, 5) is 20.6. The Morgan fingerprint density at radius 1 is 1.00 bits per heavy atom. The summed E-state index contributed by atoms with van der Waals surface area (Å²) in [6.45, 7) is 3.96. The normalized spacial score (nSPS) is 11.3. The highest BCUT2D eigenvalue weighted by molar-refractivity contribution is 8.18. The number of carboxylic acid groups (broad SMARTS) is 2. The average Bonchev–Trinajstić information content (AvgIpc) is 2.01. The SMILES string of the molecule is CC(C)(SCCC(=O)O)SCCC(=O)O. The molecule has 0 bridgehead atoms. The lowest BCUT2D eigenvalue weighted by Gasteiger charge is -2.22. The van der Waals surface area contributed by atoms with Crippen LogP contribution in [0.15, 0.2) is 0 Å². The van der Waals surface area contributed by atoms with Crippen LogP contribution >= 0.6 is 23.5 Å². The molecule has 0 aromatic heterocycles. The Labute approximate surface area is 97.8 Å². The van der Waals surface area contributed by atoms with Gasteiger partial charge in [0.25, 0.3) is 0 Å². The fraction of sp³-hybridized carbons (Fsp3) is 0.778. The zero-order chi connectivity index (χ0) is 11.9. The Hall–Kier alpha value is -0.360. The van der Waals surface area contributed by atoms with Crippen LogP contribution in [-0.4, -0.2) is 37.7 Å². The van der Waals surface area contributed by atoms with E-state index in [1.54, 1.807) is 23.5 Å². The number of hydrogen-bond acceptors (Lipinski definition) is 4. The fourth-order valence-corrected chi connectivity index (χ4v) is 3.18. The summed E-state index contributed by atoms with van der Waals surface area (Å²) in [5, 5.41) is 16.9. The lowest BCUT2D eigenvalue weighted by atomic mass is 10.5. The molecule has 4 nitrogen and oxygen atoms in total. The molecule has 88 valence electrons. The molecule has 0 amide bonds. The highest BCUT2D eigenvalue weighted by atomic mass is 32.2. The fourth-order valence-electron chi connectivity index (χ4n) is 0.810. The smallest absolute Gasteiger partial charge is 0.304 e. The molecule has 6 heteroatoms. The van der Waals surface area contributed by atoms with Crippen molar-refractivity contribution >= 4 is 35.5 Å². The summed E-state index contributed by atoms with van der Waals surface area (Å²) in [5.41, 5.74) is 0. The summed E-state index contributed by atoms with van der Waals surface area (Å²) in [5.74, 6) is -0.479. The van der Waals surface area contributed by atoms with Crippen molar-refractivity contribution in [2.24, 2.45) is 0 Å². The highest BCUT2D eigenvalue weighted by Gasteiger charge is 2.19. The molecule has 0 rings (SSSR count). The van der Waals surface area contributed by atoms with Gasteiger partial charge in [-0.15, -0.1) is 23.5 Å². The van der Waals surface area contributed by atoms with Crippen molar-refractivity contribution in [2.75, 3.05) is 11.5 Å². The van der Waals surface area contributed by atoms with E-state index in [1.165, 1.54) is 0 Å². The van der Waals surface area contributed by atoms with Crippen molar-refractivity contribution in [3.8, 4) is 0 Å². The maximum atomic E-state index is 10.3. The van der Waals surface area contributed by atoms with Gasteiger partial charge in [-0.3, -0.25) is 9.59 Å². The van der Waals surface area contributed by atoms with Crippen LogP contribution < -0.4 is 0 Å². The lowest BCUT2D eigenvalue weighted by molar-refractivity contribution is -0.137. The average molecular weight is 252 g/mol. The Kier molecular flexibility index (Phi) is 6.84. The van der Waals surface area contributed by atoms with E-state index in [9.17, 15) is 9.59 Å². The molecule has 0 aliphatic heterocycles. The minimum absolute atomic E-state index is 0.120. The van der Waals surface area contributed by atoms with Crippen molar-refractivity contribution in [1.82, 2.24) is 0 Å². The second-order valence-electron chi connectivity index (χ2n) is 3.38. The molecule has 0 aliphatic carbocycles. The van der Waals surface area contributed by atoms with Gasteiger partial charge in [-0.1, -0.05) is 0 Å². The van der Waals surface area contributed by atoms with Gasteiger partial charge in [0.15, 0.2) is 0 Å². The summed E-state index contributed by atoms with van der Waals surface area (Å²) in [6, 6.07) is 0. The zero-order valence-corrected chi connectivity index (χ0v) is 10.5. The predicted molar refractivity (Wildman–Crippen MR) is 63.5 cm³/mol. The van der Waals surface area contributed by atoms with E-state index >= 15 is 0 Å². The largest absolute Gasteiger partial charge is 0.481 e. The third kappa shape index (κ3) is 9.93. The van der Waals surface area contributed by atoms with Crippen LogP contribution in [0.25, 0.3) is 0 Å². The monoisotopic (exact) mass is 252 g/mol. The van der Waals surface area contributed by atoms with E-state index < -0.39 is 11.9 Å². The molecule has 0 spiro atoms. The van der Waals surface area contributed by atoms with Gasteiger partial charge >= 0.3 is 11.9 Å². The minimum atomic E-state index is -0.797. The number of thioether (sulfide) groups is 2. The summed E-state index contributed by atoms with van der Waals surface area (Å²) in [7, 11) is 0. The van der Waals surface area contributed by atoms with Crippen LogP contribution in [0.4, 0.5) is 0 Å². The van der Waals surface area contributed by atoms with Crippen molar-refractivity contribution in [2.45, 2.75) is 30.8 Å². The second-order valence-corrected chi connectivity index (χ2v) is 7.08. The predicted octanol–water partition coefficient (Wildman–Crippen LogP) is 2.14. The van der Waals surface area contributed by atoms with Crippen molar-refractivity contribution in [1.29, 1.82) is 0 Å². The van der Waals surface area contributed by atoms with Crippen molar-refractivity contribution < 1.29 is 19.8 Å². The van der Waals surface area contributed by atoms with E-state index in [2.05, 4.69) is 0 Å². The molecule has 0 aromatic rings. The first-order valence-electron chi connectivity index (χ1n) is 4.55. The second kappa shape index (κ2) is 7.00. The van der Waals surface area contributed by atoms with Gasteiger partial charge in [0, 0.05) is 11.5 Å². The molecule has 0 atom stereocenters. The molecule has 0 unspecified atom stereocenters. The van der Waals surface area contributed by atoms with Crippen molar-refractivity contribution in [3.63, 3.8) is 0 Å². The van der Waals surface area contributed by atoms with Crippen LogP contribution in [0.2, 0.25) is 0 Å². The van der Waals surface area contributed by atoms with Crippen LogP contribution in [0.5, 0.6) is 0 Å². The van der Waals surface area contributed by atoms with Gasteiger partial charge < -0.3 is 10.2 Å². The first-order valence-corrected chi connectivity index (χ1v) is 6.52. The van der Waals surface area contributed by atoms with Crippen LogP contribution in [0.1, 0.15) is 26.7 Å². The Balaban J connectivity index is 3.66. The molecule has 15 heavy (non-hydrogen) atoms. The van der Waals surface area contributed by atoms with Crippen LogP contribution in [0.3, 0.4) is 0 Å². The molecule has 0 saturated heterocycles. The van der Waals surface area contributed by atoms with Gasteiger partial charge in [-0.05, 0) is 13.8 Å². The number of carbonyl (C=O) groups is 2. The molecule has 0 radical (unpaired) electrons. The highest BCUT2D eigenvalue weighted by Crippen LogP contribution is 2.36. The van der Waals surface area contributed by atoms with E-state index in [-0.39, 0.29) is 16.9 Å². The van der Waals surface area contributed by atoms with E-state index in [1.807, 2.05) is 13.8 Å². The topological polar surface area (TPSA) is 74.6 Å². The first kappa shape index (κ1) is 14.6. The van der Waals surface area contributed by atoms with Gasteiger partial charge in [0.1, 0.15) is 0 Å². The Morgan fingerprint density at radius 2 is 1.33 bits per heavy atom. The maximum Gasteiger partial charge on any atom is 0.304 e. The lowest BCUT2D eigenvalue weighted by Crippen LogP contribution is -2.13. The van der Waals surface area contributed by atoms with Gasteiger partial charge in [0.2, 0.25) is 0 Å². The third-order valence-corrected chi connectivity index (χ3v) is 4.45. The number of carboxylic acids is 2. The molecule has 0 aliphatic rings.